The number of alkyl halides is 3. The highest BCUT2D eigenvalue weighted by Crippen LogP contribution is 2.47. The molecule has 12 aromatic carbocycles. The van der Waals surface area contributed by atoms with E-state index in [9.17, 15) is 60.3 Å². The van der Waals surface area contributed by atoms with Crippen molar-refractivity contribution < 1.29 is 79.7 Å². The van der Waals surface area contributed by atoms with Crippen molar-refractivity contribution in [1.29, 1.82) is 0 Å². The number of oxime groups is 4. The molecule has 0 aromatic heterocycles. The molecule has 0 fully saturated rings. The van der Waals surface area contributed by atoms with Crippen molar-refractivity contribution in [3.8, 4) is 0 Å². The minimum absolute atomic E-state index is 0.0337. The summed E-state index contributed by atoms with van der Waals surface area (Å²) in [5.41, 5.74) is 6.84. The van der Waals surface area contributed by atoms with Gasteiger partial charge in [-0.15, -0.1) is 0 Å². The summed E-state index contributed by atoms with van der Waals surface area (Å²) in [7, 11) is 0. The molecule has 0 spiro atoms. The third kappa shape index (κ3) is 23.7. The summed E-state index contributed by atoms with van der Waals surface area (Å²) in [6.07, 6.45) is -2.26. The Balaban J connectivity index is 0.000000154. The van der Waals surface area contributed by atoms with E-state index < -0.39 is 50.8 Å². The van der Waals surface area contributed by atoms with Crippen molar-refractivity contribution >= 4 is 182 Å². The molecule has 4 N–H and O–H groups in total. The van der Waals surface area contributed by atoms with Crippen molar-refractivity contribution in [1.82, 2.24) is 21.3 Å². The van der Waals surface area contributed by atoms with E-state index in [0.717, 1.165) is 83.2 Å². The van der Waals surface area contributed by atoms with Crippen LogP contribution in [0.4, 0.5) is 22.0 Å². The van der Waals surface area contributed by atoms with Crippen LogP contribution in [0.25, 0.3) is 43.1 Å². The minimum atomic E-state index is -4.93. The number of nitrogens with zero attached hydrogens (tertiary/aromatic N) is 4. The monoisotopic (exact) mass is 1980 g/mol. The van der Waals surface area contributed by atoms with Crippen molar-refractivity contribution in [2.45, 2.75) is 168 Å². The van der Waals surface area contributed by atoms with E-state index in [1.165, 1.54) is 12.1 Å². The van der Waals surface area contributed by atoms with Crippen LogP contribution in [-0.2, 0) is 67.1 Å². The Labute approximate surface area is 818 Å². The second-order valence-corrected chi connectivity index (χ2v) is 36.8. The summed E-state index contributed by atoms with van der Waals surface area (Å²) in [6, 6.07) is 60.7. The van der Waals surface area contributed by atoms with Crippen LogP contribution < -0.4 is 21.3 Å². The molecule has 0 saturated heterocycles. The molecule has 20 nitrogen and oxygen atoms in total. The van der Waals surface area contributed by atoms with Gasteiger partial charge < -0.3 is 40.6 Å². The number of rotatable bonds is 28. The normalized spacial score (nSPS) is 17.5. The first-order valence-corrected chi connectivity index (χ1v) is 46.8. The van der Waals surface area contributed by atoms with Crippen LogP contribution in [0.1, 0.15) is 230 Å². The topological polar surface area (TPSA) is 271 Å². The second-order valence-electron chi connectivity index (χ2n) is 34.2. The Morgan fingerprint density at radius 1 is 0.321 bits per heavy atom. The number of carbonyl (C=O) groups excluding carboxylic acids is 8. The molecule has 31 heteroatoms. The lowest BCUT2D eigenvalue weighted by atomic mass is 9.86. The number of nitrogens with one attached hydrogen (secondary N) is 4. The first-order valence-electron chi connectivity index (χ1n) is 44.5. The van der Waals surface area contributed by atoms with Crippen molar-refractivity contribution in [2.75, 3.05) is 26.2 Å². The Bertz CT molecular complexity index is 6650. The van der Waals surface area contributed by atoms with E-state index in [0.29, 0.717) is 122 Å². The van der Waals surface area contributed by atoms with Crippen LogP contribution in [-0.4, -0.2) is 95.8 Å². The molecular weight excluding hydrogens is 1880 g/mol. The zero-order valence-electron chi connectivity index (χ0n) is 76.3. The summed E-state index contributed by atoms with van der Waals surface area (Å²) in [6.45, 7) is 18.8. The molecule has 4 heterocycles. The largest absolute Gasteiger partial charge is 0.419 e. The Kier molecular flexibility index (Phi) is 32.7. The smallest absolute Gasteiger partial charge is 0.384 e. The highest BCUT2D eigenvalue weighted by molar-refractivity contribution is 6.36. The molecule has 0 aliphatic carbocycles. The average molecular weight is 1980 g/mol. The van der Waals surface area contributed by atoms with Gasteiger partial charge in [-0.25, -0.2) is 8.78 Å². The van der Waals surface area contributed by atoms with Gasteiger partial charge in [0.1, 0.15) is 0 Å². The van der Waals surface area contributed by atoms with Gasteiger partial charge in [-0.2, -0.15) is 13.2 Å². The summed E-state index contributed by atoms with van der Waals surface area (Å²) >= 11 is 36.4. The van der Waals surface area contributed by atoms with Crippen LogP contribution in [0.15, 0.2) is 227 Å². The fourth-order valence-corrected chi connectivity index (χ4v) is 18.5. The number of halogens is 11. The third-order valence-corrected chi connectivity index (χ3v) is 25.5. The quantitative estimate of drug-likeness (QED) is 0.0202. The molecule has 0 saturated carbocycles. The molecule has 137 heavy (non-hydrogen) atoms. The number of hydrogen-bond acceptors (Lipinski definition) is 16. The van der Waals surface area contributed by atoms with Crippen molar-refractivity contribution in [3.05, 3.63) is 326 Å². The maximum atomic E-state index is 14.1. The summed E-state index contributed by atoms with van der Waals surface area (Å²) in [5, 5.41) is 35.6. The van der Waals surface area contributed by atoms with Crippen molar-refractivity contribution in [3.63, 3.8) is 0 Å². The van der Waals surface area contributed by atoms with Crippen LogP contribution >= 0.6 is 69.6 Å². The highest BCUT2D eigenvalue weighted by Gasteiger charge is 2.45. The van der Waals surface area contributed by atoms with E-state index in [2.05, 4.69) is 48.0 Å². The molecule has 4 aliphatic heterocycles. The Hall–Kier alpha value is -12.5. The van der Waals surface area contributed by atoms with Crippen LogP contribution in [0, 0.1) is 18.6 Å². The first kappa shape index (κ1) is 102. The van der Waals surface area contributed by atoms with Gasteiger partial charge in [0, 0.05) is 179 Å². The summed E-state index contributed by atoms with van der Waals surface area (Å²) in [4.78, 5) is 122. The summed E-state index contributed by atoms with van der Waals surface area (Å²) in [5.74, 6) is -3.20. The van der Waals surface area contributed by atoms with Gasteiger partial charge in [0.2, 0.25) is 23.6 Å². The number of hydrogen-bond donors (Lipinski definition) is 4. The SMILES string of the molecule is CCNC(=O)CCC(=O)c1ccc(C2=NOC(C)(c3cc(C)cc(Cl)c3)C2)c2ccccc12.CCNC(=O)CCC(=O)c1ccc(C2=NOC(C)(c3cc(Cl)c(F)c(C(F)(F)F)c3)C2)c2ccccc12.CCNC(=O)CCC(=O)c1ccc(C2=NOC(C)(c3cc(Cl)c(F)c(Cl)c3)C2)c2ccccc12.CCNC(=O)CCC(=O)c1ccc(C2=NOC(C)(c3cc(Cl)cc(Cl)c3)C2)c2ccccc12. The van der Waals surface area contributed by atoms with E-state index in [4.69, 9.17) is 89.0 Å². The van der Waals surface area contributed by atoms with Gasteiger partial charge in [-0.05, 0) is 171 Å². The van der Waals surface area contributed by atoms with Gasteiger partial charge >= 0.3 is 6.18 Å². The maximum absolute atomic E-state index is 14.1. The fraction of sp³-hybridized carbons (Fsp3) is 0.283. The predicted octanol–water partition coefficient (Wildman–Crippen LogP) is 25.4. The second kappa shape index (κ2) is 43.9. The molecule has 710 valence electrons. The van der Waals surface area contributed by atoms with Crippen LogP contribution in [0.5, 0.6) is 0 Å². The van der Waals surface area contributed by atoms with Crippen molar-refractivity contribution in [2.24, 2.45) is 20.6 Å². The number of fused-ring (bicyclic) bond motifs is 4. The predicted molar refractivity (Wildman–Crippen MR) is 529 cm³/mol. The lowest BCUT2D eigenvalue weighted by Crippen LogP contribution is -2.24. The Morgan fingerprint density at radius 2 is 0.562 bits per heavy atom. The van der Waals surface area contributed by atoms with Gasteiger partial charge in [0.25, 0.3) is 0 Å². The molecule has 4 aliphatic rings. The lowest BCUT2D eigenvalue weighted by molar-refractivity contribution is -0.140. The number of carbonyl (C=O) groups is 8. The molecule has 4 unspecified atom stereocenters. The lowest BCUT2D eigenvalue weighted by Gasteiger charge is -2.24. The molecule has 4 atom stereocenters. The third-order valence-electron chi connectivity index (χ3n) is 24.1. The number of amides is 4. The minimum Gasteiger partial charge on any atom is -0.384 e. The van der Waals surface area contributed by atoms with E-state index in [1.807, 2.05) is 176 Å². The molecular formula is C106H97Cl6F5N8O12. The maximum Gasteiger partial charge on any atom is 0.419 e. The molecule has 0 bridgehead atoms. The van der Waals surface area contributed by atoms with Gasteiger partial charge in [-0.1, -0.05) is 242 Å². The molecule has 0 radical (unpaired) electrons. The zero-order valence-corrected chi connectivity index (χ0v) is 80.8. The zero-order chi connectivity index (χ0) is 98.6. The number of ketones is 4. The average Bonchev–Trinajstić information content (AvgIpc) is 1.68. The van der Waals surface area contributed by atoms with Gasteiger partial charge in [0.05, 0.1) is 43.5 Å². The first-order chi connectivity index (χ1) is 65.3. The van der Waals surface area contributed by atoms with Gasteiger partial charge in [0.15, 0.2) is 57.2 Å². The molecule has 16 rings (SSSR count). The number of aryl methyl sites for hydroxylation is 1. The molecule has 4 amide bonds. The summed E-state index contributed by atoms with van der Waals surface area (Å²) < 4.78 is 68.0. The fourth-order valence-electron chi connectivity index (χ4n) is 17.0. The van der Waals surface area contributed by atoms with Crippen LogP contribution in [0.3, 0.4) is 0 Å². The number of Topliss-reactive ketones (excluding diaryl/α,β-unsaturated/α-hetero) is 4. The van der Waals surface area contributed by atoms with E-state index in [-0.39, 0.29) is 120 Å². The van der Waals surface area contributed by atoms with E-state index >= 15 is 0 Å². The Morgan fingerprint density at radius 3 is 0.825 bits per heavy atom. The van der Waals surface area contributed by atoms with Crippen LogP contribution in [0.2, 0.25) is 30.1 Å². The van der Waals surface area contributed by atoms with Gasteiger partial charge in [-0.3, -0.25) is 38.4 Å². The number of benzene rings is 12. The van der Waals surface area contributed by atoms with E-state index in [1.54, 1.807) is 62.4 Å². The highest BCUT2D eigenvalue weighted by atomic mass is 35.5. The standard InChI is InChI=1S/C27H23ClF4N2O3.C27H27ClN2O3.C26H23Cl2FN2O3.C26H24Cl2N2O3/c1-3-33-24(36)11-10-23(35)19-9-8-18(16-6-4-5-7-17(16)19)22-14-26(2,37-34-22)15-12-20(27(30,31)32)25(29)21(28)13-15;1-4-29-26(32)12-11-25(31)23-10-9-22(20-7-5-6-8-21(20)23)24-16-27(3,33-30-24)18-13-17(2)14-19(28)15-18;1-3-30-24(33)11-10-23(32)19-9-8-18(16-6-4-5-7-17(16)19)22-14-26(2,34-31-22)15-12-20(27)25(29)21(28)13-15;1-3-29-25(32)11-10-24(31)22-9-8-21(19-6-4-5-7-20(19)22)23-15-26(2,33-30-23)16-12-17(27)14-18(28)13-16/h4-9,12-13H,3,10-11,14H2,1-2H3,(H,33,36);5-10,13-15H,4,11-12,16H2,1-3H3,(H,29,32);4-9,12-13H,3,10-11,14H2,1-2H3,(H,30,33);4-9,12-14H,3,10-11,15H2,1-2H3,(H,29,32). The molecule has 12 aromatic rings.